The monoisotopic (exact) mass is 401 g/mol. The fourth-order valence-electron chi connectivity index (χ4n) is 3.15. The zero-order chi connectivity index (χ0) is 21.1. The number of benzene rings is 1. The van der Waals surface area contributed by atoms with Gasteiger partial charge in [-0.2, -0.15) is 9.97 Å². The van der Waals surface area contributed by atoms with Crippen molar-refractivity contribution in [2.24, 2.45) is 0 Å². The summed E-state index contributed by atoms with van der Waals surface area (Å²) in [4.78, 5) is 21.0. The maximum absolute atomic E-state index is 11.0. The molecule has 0 fully saturated rings. The van der Waals surface area contributed by atoms with Gasteiger partial charge in [-0.25, -0.2) is 19.5 Å². The number of fused-ring (bicyclic) bond motifs is 1. The van der Waals surface area contributed by atoms with Gasteiger partial charge >= 0.3 is 6.01 Å². The number of aliphatic hydroxyl groups is 1. The number of anilines is 1. The second-order valence-electron chi connectivity index (χ2n) is 6.51. The third-order valence-electron chi connectivity index (χ3n) is 4.48. The van der Waals surface area contributed by atoms with Crippen LogP contribution in [-0.2, 0) is 12.0 Å². The molecular formula is C21H19N7O2. The lowest BCUT2D eigenvalue weighted by Crippen LogP contribution is -2.29. The molecule has 1 unspecified atom stereocenters. The quantitative estimate of drug-likeness (QED) is 0.467. The molecule has 4 rings (SSSR count). The molecule has 1 aromatic carbocycles. The van der Waals surface area contributed by atoms with E-state index >= 15 is 0 Å². The first-order chi connectivity index (χ1) is 14.5. The Hall–Kier alpha value is -4.03. The number of ether oxygens (including phenoxy) is 1. The van der Waals surface area contributed by atoms with E-state index < -0.39 is 5.60 Å². The fourth-order valence-corrected chi connectivity index (χ4v) is 3.15. The Balaban J connectivity index is 1.82. The smallest absolute Gasteiger partial charge is 0.303 e. The molecule has 150 valence electrons. The number of terminal acetylenes is 1. The van der Waals surface area contributed by atoms with E-state index in [4.69, 9.17) is 16.9 Å². The minimum atomic E-state index is -1.65. The largest absolute Gasteiger partial charge is 0.465 e. The van der Waals surface area contributed by atoms with Crippen LogP contribution in [0.1, 0.15) is 18.3 Å². The average Bonchev–Trinajstić information content (AvgIpc) is 3.12. The highest BCUT2D eigenvalue weighted by atomic mass is 16.5. The van der Waals surface area contributed by atoms with Crippen LogP contribution >= 0.6 is 0 Å². The molecule has 0 aliphatic carbocycles. The summed E-state index contributed by atoms with van der Waals surface area (Å²) in [5.74, 6) is 3.24. The molecule has 0 radical (unpaired) electrons. The normalized spacial score (nSPS) is 13.0. The number of nitrogens with two attached hydrogens (primary N) is 1. The van der Waals surface area contributed by atoms with E-state index in [0.717, 1.165) is 11.1 Å². The van der Waals surface area contributed by atoms with Crippen molar-refractivity contribution in [3.63, 3.8) is 0 Å². The lowest BCUT2D eigenvalue weighted by molar-refractivity contribution is 0.0909. The first-order valence-corrected chi connectivity index (χ1v) is 9.25. The molecule has 0 spiro atoms. The van der Waals surface area contributed by atoms with E-state index in [1.807, 2.05) is 25.1 Å². The van der Waals surface area contributed by atoms with Crippen LogP contribution in [0.2, 0.25) is 0 Å². The highest BCUT2D eigenvalue weighted by Gasteiger charge is 2.30. The third kappa shape index (κ3) is 3.52. The lowest BCUT2D eigenvalue weighted by Gasteiger charge is -2.20. The van der Waals surface area contributed by atoms with Gasteiger partial charge in [0.15, 0.2) is 11.4 Å². The van der Waals surface area contributed by atoms with Crippen molar-refractivity contribution in [1.29, 1.82) is 0 Å². The minimum Gasteiger partial charge on any atom is -0.465 e. The predicted octanol–water partition coefficient (Wildman–Crippen LogP) is 1.65. The van der Waals surface area contributed by atoms with Gasteiger partial charge in [-0.15, -0.1) is 6.42 Å². The van der Waals surface area contributed by atoms with Crippen LogP contribution in [0.5, 0.6) is 6.01 Å². The predicted molar refractivity (Wildman–Crippen MR) is 111 cm³/mol. The van der Waals surface area contributed by atoms with Gasteiger partial charge in [0.1, 0.15) is 5.82 Å². The fraction of sp³-hybridized carbons (Fsp3) is 0.190. The van der Waals surface area contributed by atoms with Crippen LogP contribution < -0.4 is 10.5 Å². The first kappa shape index (κ1) is 19.3. The van der Waals surface area contributed by atoms with E-state index in [0.29, 0.717) is 24.0 Å². The van der Waals surface area contributed by atoms with Gasteiger partial charge in [0.25, 0.3) is 0 Å². The van der Waals surface area contributed by atoms with Crippen molar-refractivity contribution in [3.8, 4) is 24.2 Å². The molecule has 30 heavy (non-hydrogen) atoms. The number of aromatic nitrogens is 6. The van der Waals surface area contributed by atoms with Gasteiger partial charge in [0.2, 0.25) is 5.95 Å². The van der Waals surface area contributed by atoms with Crippen molar-refractivity contribution < 1.29 is 9.84 Å². The Labute approximate surface area is 172 Å². The lowest BCUT2D eigenvalue weighted by atomic mass is 9.94. The first-order valence-electron chi connectivity index (χ1n) is 9.25. The molecule has 3 aromatic heterocycles. The van der Waals surface area contributed by atoms with Crippen molar-refractivity contribution in [1.82, 2.24) is 29.5 Å². The summed E-state index contributed by atoms with van der Waals surface area (Å²) < 4.78 is 7.44. The van der Waals surface area contributed by atoms with Crippen LogP contribution in [0.4, 0.5) is 5.95 Å². The number of hydrogen-bond acceptors (Lipinski definition) is 8. The molecule has 0 aliphatic rings. The summed E-state index contributed by atoms with van der Waals surface area (Å²) in [6.45, 7) is 2.30. The number of imidazole rings is 1. The van der Waals surface area contributed by atoms with Gasteiger partial charge in [0.05, 0.1) is 17.6 Å². The third-order valence-corrected chi connectivity index (χ3v) is 4.48. The molecule has 3 N–H and O–H groups in total. The maximum Gasteiger partial charge on any atom is 0.303 e. The van der Waals surface area contributed by atoms with Gasteiger partial charge < -0.3 is 15.6 Å². The van der Waals surface area contributed by atoms with E-state index in [1.54, 1.807) is 22.9 Å². The van der Waals surface area contributed by atoms with Gasteiger partial charge in [-0.05, 0) is 30.7 Å². The van der Waals surface area contributed by atoms with E-state index in [-0.39, 0.29) is 18.2 Å². The second-order valence-corrected chi connectivity index (χ2v) is 6.51. The molecular weight excluding hydrogens is 382 g/mol. The Kier molecular flexibility index (Phi) is 5.00. The summed E-state index contributed by atoms with van der Waals surface area (Å²) in [5, 5.41) is 11.0. The number of nitrogens with zero attached hydrogens (tertiary/aromatic N) is 6. The maximum atomic E-state index is 11.0. The molecule has 3 heterocycles. The van der Waals surface area contributed by atoms with Crippen LogP contribution in [0, 0.1) is 12.3 Å². The summed E-state index contributed by atoms with van der Waals surface area (Å²) in [6.07, 6.45) is 10.4. The molecule has 9 heteroatoms. The Morgan fingerprint density at radius 2 is 1.97 bits per heavy atom. The molecule has 4 aromatic rings. The SMILES string of the molecule is C#CC(O)(Cc1ccc2nc(OCC)n(-c3ccnc(N)n3)c2c1)c1ncccn1. The van der Waals surface area contributed by atoms with Gasteiger partial charge in [0, 0.05) is 31.1 Å². The zero-order valence-electron chi connectivity index (χ0n) is 16.2. The zero-order valence-corrected chi connectivity index (χ0v) is 16.2. The summed E-state index contributed by atoms with van der Waals surface area (Å²) in [6, 6.07) is 9.29. The highest BCUT2D eigenvalue weighted by Crippen LogP contribution is 2.29. The topological polar surface area (TPSA) is 125 Å². The van der Waals surface area contributed by atoms with Crippen molar-refractivity contribution in [2.75, 3.05) is 12.3 Å². The van der Waals surface area contributed by atoms with Crippen molar-refractivity contribution in [2.45, 2.75) is 18.9 Å². The summed E-state index contributed by atoms with van der Waals surface area (Å²) in [5.41, 5.74) is 6.30. The molecule has 0 aliphatic heterocycles. The molecule has 0 amide bonds. The average molecular weight is 401 g/mol. The highest BCUT2D eigenvalue weighted by molar-refractivity contribution is 5.79. The van der Waals surface area contributed by atoms with Gasteiger partial charge in [-0.1, -0.05) is 12.0 Å². The van der Waals surface area contributed by atoms with E-state index in [9.17, 15) is 5.11 Å². The van der Waals surface area contributed by atoms with Gasteiger partial charge in [-0.3, -0.25) is 0 Å². The molecule has 0 saturated carbocycles. The number of rotatable bonds is 6. The second kappa shape index (κ2) is 7.77. The molecule has 1 atom stereocenters. The standard InChI is InChI=1S/C21H19N7O2/c1-3-21(29,18-23-9-5-10-24-18)13-14-6-7-15-16(12-14)28(20(26-15)30-4-2)17-8-11-25-19(22)27-17/h1,5-12,29H,4,13H2,2H3,(H2,22,25,27). The van der Waals surface area contributed by atoms with Crippen molar-refractivity contribution >= 4 is 17.0 Å². The number of nitrogen functional groups attached to an aromatic ring is 1. The minimum absolute atomic E-state index is 0.116. The number of hydrogen-bond donors (Lipinski definition) is 2. The Morgan fingerprint density at radius 3 is 2.67 bits per heavy atom. The van der Waals surface area contributed by atoms with E-state index in [2.05, 4.69) is 30.8 Å². The summed E-state index contributed by atoms with van der Waals surface area (Å²) >= 11 is 0. The van der Waals surface area contributed by atoms with Crippen LogP contribution in [0.25, 0.3) is 16.9 Å². The Morgan fingerprint density at radius 1 is 1.17 bits per heavy atom. The summed E-state index contributed by atoms with van der Waals surface area (Å²) in [7, 11) is 0. The van der Waals surface area contributed by atoms with Crippen molar-refractivity contribution in [3.05, 3.63) is 60.3 Å². The van der Waals surface area contributed by atoms with E-state index in [1.165, 1.54) is 12.4 Å². The molecule has 9 nitrogen and oxygen atoms in total. The van der Waals surface area contributed by atoms with Crippen LogP contribution in [0.3, 0.4) is 0 Å². The Bertz CT molecular complexity index is 1230. The van der Waals surface area contributed by atoms with Crippen LogP contribution in [0.15, 0.2) is 48.9 Å². The molecule has 0 saturated heterocycles. The van der Waals surface area contributed by atoms with Crippen LogP contribution in [-0.4, -0.2) is 41.2 Å². The molecule has 0 bridgehead atoms.